The van der Waals surface area contributed by atoms with E-state index in [4.69, 9.17) is 4.98 Å². The molecule has 0 saturated carbocycles. The summed E-state index contributed by atoms with van der Waals surface area (Å²) < 4.78 is 0. The number of nitrogens with zero attached hydrogens (tertiary/aromatic N) is 4. The maximum absolute atomic E-state index is 12.7. The first kappa shape index (κ1) is 20.5. The molecule has 3 aromatic rings. The van der Waals surface area contributed by atoms with Crippen molar-refractivity contribution in [2.75, 3.05) is 39.1 Å². The molecule has 1 aromatic heterocycles. The van der Waals surface area contributed by atoms with E-state index in [2.05, 4.69) is 22.4 Å². The maximum atomic E-state index is 12.7. The average molecular weight is 390 g/mol. The van der Waals surface area contributed by atoms with Gasteiger partial charge in [-0.15, -0.1) is 0 Å². The van der Waals surface area contributed by atoms with Gasteiger partial charge in [-0.2, -0.15) is 0 Å². The molecule has 0 aliphatic heterocycles. The van der Waals surface area contributed by atoms with Crippen molar-refractivity contribution in [3.8, 4) is 11.4 Å². The van der Waals surface area contributed by atoms with E-state index < -0.39 is 0 Å². The van der Waals surface area contributed by atoms with Crippen LogP contribution in [0.3, 0.4) is 0 Å². The van der Waals surface area contributed by atoms with Gasteiger partial charge in [0.25, 0.3) is 5.91 Å². The Morgan fingerprint density at radius 3 is 2.24 bits per heavy atom. The fourth-order valence-electron chi connectivity index (χ4n) is 2.88. The third kappa shape index (κ3) is 5.86. The average Bonchev–Trinajstić information content (AvgIpc) is 2.74. The molecule has 1 N–H and O–H groups in total. The van der Waals surface area contributed by atoms with Crippen LogP contribution in [-0.4, -0.2) is 55.0 Å². The summed E-state index contributed by atoms with van der Waals surface area (Å²) in [5.41, 5.74) is 2.42. The lowest BCUT2D eigenvalue weighted by Crippen LogP contribution is -2.32. The second-order valence-corrected chi connectivity index (χ2v) is 7.20. The summed E-state index contributed by atoms with van der Waals surface area (Å²) in [7, 11) is 5.92. The highest BCUT2D eigenvalue weighted by Gasteiger charge is 2.15. The molecular weight excluding hydrogens is 362 g/mol. The summed E-state index contributed by atoms with van der Waals surface area (Å²) in [6.07, 6.45) is 0. The van der Waals surface area contributed by atoms with Gasteiger partial charge in [0.15, 0.2) is 5.82 Å². The van der Waals surface area contributed by atoms with Gasteiger partial charge in [0.1, 0.15) is 11.5 Å². The number of carbonyl (C=O) groups is 1. The number of anilines is 1. The second-order valence-electron chi connectivity index (χ2n) is 7.20. The quantitative estimate of drug-likeness (QED) is 0.642. The van der Waals surface area contributed by atoms with Crippen LogP contribution in [0.2, 0.25) is 0 Å². The fourth-order valence-corrected chi connectivity index (χ4v) is 2.88. The Hall–Kier alpha value is -3.25. The number of amides is 1. The van der Waals surface area contributed by atoms with Crippen molar-refractivity contribution in [1.29, 1.82) is 0 Å². The molecule has 6 heteroatoms. The molecule has 0 saturated heterocycles. The Labute approximate surface area is 172 Å². The van der Waals surface area contributed by atoms with Crippen LogP contribution < -0.4 is 10.2 Å². The zero-order chi connectivity index (χ0) is 20.6. The van der Waals surface area contributed by atoms with E-state index in [1.807, 2.05) is 79.5 Å². The molecule has 0 aliphatic rings. The molecule has 0 bridgehead atoms. The standard InChI is InChI=1S/C23H27N5O/c1-27(2)15-14-24-23(29)20-16-21(28(3)17-18-10-6-4-7-11-18)26-22(25-20)19-12-8-5-9-13-19/h4-13,16H,14-15,17H2,1-3H3,(H,24,29). The summed E-state index contributed by atoms with van der Waals surface area (Å²) in [6.45, 7) is 2.02. The minimum absolute atomic E-state index is 0.194. The van der Waals surface area contributed by atoms with Gasteiger partial charge < -0.3 is 15.1 Å². The van der Waals surface area contributed by atoms with Gasteiger partial charge in [-0.25, -0.2) is 9.97 Å². The van der Waals surface area contributed by atoms with E-state index in [1.165, 1.54) is 5.56 Å². The van der Waals surface area contributed by atoms with Gasteiger partial charge in [-0.1, -0.05) is 60.7 Å². The predicted octanol–water partition coefficient (Wildman–Crippen LogP) is 3.07. The Morgan fingerprint density at radius 1 is 0.931 bits per heavy atom. The minimum Gasteiger partial charge on any atom is -0.355 e. The van der Waals surface area contributed by atoms with Crippen LogP contribution in [0.25, 0.3) is 11.4 Å². The first-order valence-electron chi connectivity index (χ1n) is 9.65. The summed E-state index contributed by atoms with van der Waals surface area (Å²) in [5, 5.41) is 2.94. The lowest BCUT2D eigenvalue weighted by atomic mass is 10.2. The zero-order valence-electron chi connectivity index (χ0n) is 17.2. The molecule has 0 fully saturated rings. The van der Waals surface area contributed by atoms with Gasteiger partial charge in [0.2, 0.25) is 0 Å². The number of likely N-dealkylation sites (N-methyl/N-ethyl adjacent to an activating group) is 1. The lowest BCUT2D eigenvalue weighted by molar-refractivity contribution is 0.0946. The van der Waals surface area contributed by atoms with E-state index >= 15 is 0 Å². The van der Waals surface area contributed by atoms with E-state index in [-0.39, 0.29) is 5.91 Å². The molecule has 29 heavy (non-hydrogen) atoms. The van der Waals surface area contributed by atoms with Crippen molar-refractivity contribution in [1.82, 2.24) is 20.2 Å². The van der Waals surface area contributed by atoms with Crippen LogP contribution >= 0.6 is 0 Å². The smallest absolute Gasteiger partial charge is 0.270 e. The highest BCUT2D eigenvalue weighted by Crippen LogP contribution is 2.21. The van der Waals surface area contributed by atoms with Gasteiger partial charge in [0.05, 0.1) is 0 Å². The largest absolute Gasteiger partial charge is 0.355 e. The van der Waals surface area contributed by atoms with Crippen molar-refractivity contribution in [2.45, 2.75) is 6.54 Å². The lowest BCUT2D eigenvalue weighted by Gasteiger charge is -2.20. The molecule has 6 nitrogen and oxygen atoms in total. The molecule has 0 unspecified atom stereocenters. The Balaban J connectivity index is 1.89. The molecule has 150 valence electrons. The van der Waals surface area contributed by atoms with Crippen molar-refractivity contribution >= 4 is 11.7 Å². The molecule has 0 aliphatic carbocycles. The maximum Gasteiger partial charge on any atom is 0.270 e. The summed E-state index contributed by atoms with van der Waals surface area (Å²) in [4.78, 5) is 26.0. The fraction of sp³-hybridized carbons (Fsp3) is 0.261. The van der Waals surface area contributed by atoms with Crippen molar-refractivity contribution in [3.05, 3.63) is 78.0 Å². The van der Waals surface area contributed by atoms with Gasteiger partial charge in [-0.05, 0) is 19.7 Å². The predicted molar refractivity (Wildman–Crippen MR) is 117 cm³/mol. The number of carbonyl (C=O) groups excluding carboxylic acids is 1. The second kappa shape index (κ2) is 9.80. The highest BCUT2D eigenvalue weighted by molar-refractivity contribution is 5.93. The van der Waals surface area contributed by atoms with Crippen LogP contribution in [0.4, 0.5) is 5.82 Å². The van der Waals surface area contributed by atoms with Gasteiger partial charge >= 0.3 is 0 Å². The molecule has 1 amide bonds. The van der Waals surface area contributed by atoms with E-state index in [0.717, 1.165) is 12.1 Å². The van der Waals surface area contributed by atoms with Crippen molar-refractivity contribution in [3.63, 3.8) is 0 Å². The van der Waals surface area contributed by atoms with Crippen LogP contribution in [0.15, 0.2) is 66.7 Å². The number of nitrogens with one attached hydrogen (secondary N) is 1. The molecule has 0 spiro atoms. The first-order valence-corrected chi connectivity index (χ1v) is 9.65. The summed E-state index contributed by atoms with van der Waals surface area (Å²) >= 11 is 0. The molecule has 1 heterocycles. The molecule has 2 aromatic carbocycles. The van der Waals surface area contributed by atoms with Crippen molar-refractivity contribution < 1.29 is 4.79 Å². The highest BCUT2D eigenvalue weighted by atomic mass is 16.1. The topological polar surface area (TPSA) is 61.4 Å². The zero-order valence-corrected chi connectivity index (χ0v) is 17.2. The number of aromatic nitrogens is 2. The third-order valence-corrected chi connectivity index (χ3v) is 4.48. The van der Waals surface area contributed by atoms with Crippen LogP contribution in [0.1, 0.15) is 16.1 Å². The SMILES string of the molecule is CN(C)CCNC(=O)c1cc(N(C)Cc2ccccc2)nc(-c2ccccc2)n1. The summed E-state index contributed by atoms with van der Waals surface area (Å²) in [5.74, 6) is 1.06. The number of benzene rings is 2. The molecule has 3 rings (SSSR count). The van der Waals surface area contributed by atoms with Crippen LogP contribution in [-0.2, 0) is 6.54 Å². The molecule has 0 radical (unpaired) electrons. The minimum atomic E-state index is -0.194. The summed E-state index contributed by atoms with van der Waals surface area (Å²) in [6, 6.07) is 21.7. The Kier molecular flexibility index (Phi) is 6.92. The molecule has 0 atom stereocenters. The van der Waals surface area contributed by atoms with Crippen LogP contribution in [0.5, 0.6) is 0 Å². The third-order valence-electron chi connectivity index (χ3n) is 4.48. The van der Waals surface area contributed by atoms with E-state index in [0.29, 0.717) is 30.4 Å². The van der Waals surface area contributed by atoms with Gasteiger partial charge in [0, 0.05) is 38.3 Å². The van der Waals surface area contributed by atoms with E-state index in [1.54, 1.807) is 6.07 Å². The first-order chi connectivity index (χ1) is 14.0. The number of hydrogen-bond donors (Lipinski definition) is 1. The van der Waals surface area contributed by atoms with E-state index in [9.17, 15) is 4.79 Å². The normalized spacial score (nSPS) is 10.8. The number of rotatable bonds is 8. The van der Waals surface area contributed by atoms with Gasteiger partial charge in [-0.3, -0.25) is 4.79 Å². The van der Waals surface area contributed by atoms with Crippen molar-refractivity contribution in [2.24, 2.45) is 0 Å². The Bertz CT molecular complexity index is 929. The number of hydrogen-bond acceptors (Lipinski definition) is 5. The molecular formula is C23H27N5O. The van der Waals surface area contributed by atoms with Crippen LogP contribution in [0, 0.1) is 0 Å². The monoisotopic (exact) mass is 389 g/mol. The Morgan fingerprint density at radius 2 is 1.59 bits per heavy atom.